The van der Waals surface area contributed by atoms with Crippen molar-refractivity contribution in [2.75, 3.05) is 20.2 Å². The molecule has 1 unspecified atom stereocenters. The van der Waals surface area contributed by atoms with E-state index >= 15 is 0 Å². The van der Waals surface area contributed by atoms with Gasteiger partial charge >= 0.3 is 0 Å². The number of aromatic nitrogens is 4. The summed E-state index contributed by atoms with van der Waals surface area (Å²) < 4.78 is 12.5. The molecule has 0 N–H and O–H groups in total. The van der Waals surface area contributed by atoms with Gasteiger partial charge in [-0.05, 0) is 62.4 Å². The van der Waals surface area contributed by atoms with Crippen molar-refractivity contribution < 1.29 is 14.1 Å². The van der Waals surface area contributed by atoms with Crippen molar-refractivity contribution in [2.24, 2.45) is 13.0 Å². The summed E-state index contributed by atoms with van der Waals surface area (Å²) in [5.41, 5.74) is 4.19. The minimum atomic E-state index is 0.206. The molecule has 1 aliphatic heterocycles. The van der Waals surface area contributed by atoms with Crippen molar-refractivity contribution in [1.82, 2.24) is 24.8 Å². The number of likely N-dealkylation sites (tertiary alicyclic amines) is 1. The molecular formula is C23H29N5O3. The Labute approximate surface area is 182 Å². The predicted molar refractivity (Wildman–Crippen MR) is 116 cm³/mol. The van der Waals surface area contributed by atoms with Gasteiger partial charge < -0.3 is 14.2 Å². The maximum Gasteiger partial charge on any atom is 0.257 e. The summed E-state index contributed by atoms with van der Waals surface area (Å²) in [6.07, 6.45) is 2.93. The van der Waals surface area contributed by atoms with Gasteiger partial charge in [-0.25, -0.2) is 0 Å². The van der Waals surface area contributed by atoms with Crippen LogP contribution in [0, 0.1) is 19.8 Å². The van der Waals surface area contributed by atoms with Gasteiger partial charge in [0.2, 0.25) is 5.91 Å². The van der Waals surface area contributed by atoms with Gasteiger partial charge in [-0.15, -0.1) is 0 Å². The van der Waals surface area contributed by atoms with Crippen LogP contribution < -0.4 is 4.74 Å². The number of hydrogen-bond donors (Lipinski definition) is 0. The molecule has 8 nitrogen and oxygen atoms in total. The number of benzene rings is 1. The van der Waals surface area contributed by atoms with Gasteiger partial charge in [0.1, 0.15) is 5.75 Å². The number of amides is 1. The van der Waals surface area contributed by atoms with Gasteiger partial charge in [0.15, 0.2) is 5.82 Å². The Kier molecular flexibility index (Phi) is 6.06. The highest BCUT2D eigenvalue weighted by Gasteiger charge is 2.28. The molecule has 1 amide bonds. The number of rotatable bonds is 7. The average molecular weight is 424 g/mol. The summed E-state index contributed by atoms with van der Waals surface area (Å²) >= 11 is 0. The Balaban J connectivity index is 1.30. The Hall–Kier alpha value is -3.16. The third-order valence-corrected chi connectivity index (χ3v) is 6.16. The number of carbonyl (C=O) groups excluding carboxylic acids is 1. The molecule has 0 saturated carbocycles. The fraction of sp³-hybridized carbons (Fsp3) is 0.478. The second-order valence-electron chi connectivity index (χ2n) is 8.22. The summed E-state index contributed by atoms with van der Waals surface area (Å²) in [7, 11) is 3.58. The Morgan fingerprint density at radius 1 is 1.26 bits per heavy atom. The van der Waals surface area contributed by atoms with Crippen LogP contribution in [-0.4, -0.2) is 50.9 Å². The van der Waals surface area contributed by atoms with E-state index in [-0.39, 0.29) is 5.91 Å². The van der Waals surface area contributed by atoms with Crippen molar-refractivity contribution in [1.29, 1.82) is 0 Å². The molecule has 0 bridgehead atoms. The summed E-state index contributed by atoms with van der Waals surface area (Å²) in [4.78, 5) is 19.2. The van der Waals surface area contributed by atoms with Gasteiger partial charge in [-0.3, -0.25) is 9.48 Å². The number of hydrogen-bond acceptors (Lipinski definition) is 6. The fourth-order valence-corrected chi connectivity index (χ4v) is 4.24. The largest absolute Gasteiger partial charge is 0.497 e. The van der Waals surface area contributed by atoms with Crippen molar-refractivity contribution in [3.63, 3.8) is 0 Å². The molecule has 4 rings (SSSR count). The topological polar surface area (TPSA) is 86.3 Å². The maximum atomic E-state index is 12.7. The lowest BCUT2D eigenvalue weighted by Gasteiger charge is -2.16. The molecule has 1 fully saturated rings. The summed E-state index contributed by atoms with van der Waals surface area (Å²) in [6, 6.07) is 7.54. The first kappa shape index (κ1) is 21.1. The third-order valence-electron chi connectivity index (χ3n) is 6.16. The molecule has 1 aromatic carbocycles. The molecule has 0 aliphatic carbocycles. The van der Waals surface area contributed by atoms with E-state index in [2.05, 4.69) is 22.2 Å². The number of aryl methyl sites for hydroxylation is 2. The van der Waals surface area contributed by atoms with E-state index in [1.165, 1.54) is 5.56 Å². The normalized spacial score (nSPS) is 16.1. The lowest BCUT2D eigenvalue weighted by atomic mass is 10.0. The molecule has 31 heavy (non-hydrogen) atoms. The van der Waals surface area contributed by atoms with E-state index in [1.807, 2.05) is 47.8 Å². The maximum absolute atomic E-state index is 12.7. The lowest BCUT2D eigenvalue weighted by molar-refractivity contribution is -0.130. The minimum Gasteiger partial charge on any atom is -0.497 e. The highest BCUT2D eigenvalue weighted by molar-refractivity contribution is 5.76. The second-order valence-corrected chi connectivity index (χ2v) is 8.22. The molecule has 3 aromatic rings. The number of methoxy groups -OCH3 is 1. The van der Waals surface area contributed by atoms with Crippen molar-refractivity contribution in [2.45, 2.75) is 39.5 Å². The number of ether oxygens (including phenoxy) is 1. The second kappa shape index (κ2) is 8.91. The molecule has 164 valence electrons. The Bertz CT molecular complexity index is 1050. The summed E-state index contributed by atoms with van der Waals surface area (Å²) in [5.74, 6) is 2.54. The van der Waals surface area contributed by atoms with Crippen LogP contribution in [0.2, 0.25) is 0 Å². The minimum absolute atomic E-state index is 0.206. The van der Waals surface area contributed by atoms with Crippen LogP contribution in [0.3, 0.4) is 0 Å². The molecule has 8 heteroatoms. The van der Waals surface area contributed by atoms with Gasteiger partial charge in [0.25, 0.3) is 5.89 Å². The number of nitrogens with zero attached hydrogens (tertiary/aromatic N) is 5. The first-order chi connectivity index (χ1) is 14.9. The first-order valence-electron chi connectivity index (χ1n) is 10.7. The Morgan fingerprint density at radius 3 is 2.71 bits per heavy atom. The molecule has 0 radical (unpaired) electrons. The van der Waals surface area contributed by atoms with Crippen LogP contribution in [-0.2, 0) is 24.7 Å². The Morgan fingerprint density at radius 2 is 2.03 bits per heavy atom. The van der Waals surface area contributed by atoms with Gasteiger partial charge in [-0.1, -0.05) is 5.16 Å². The van der Waals surface area contributed by atoms with Crippen molar-refractivity contribution in [3.05, 3.63) is 47.0 Å². The third kappa shape index (κ3) is 4.62. The van der Waals surface area contributed by atoms with Crippen LogP contribution in [0.5, 0.6) is 5.75 Å². The van der Waals surface area contributed by atoms with E-state index in [0.717, 1.165) is 48.6 Å². The monoisotopic (exact) mass is 423 g/mol. The zero-order valence-electron chi connectivity index (χ0n) is 18.6. The molecule has 2 aromatic heterocycles. The van der Waals surface area contributed by atoms with Crippen LogP contribution in [0.4, 0.5) is 0 Å². The van der Waals surface area contributed by atoms with E-state index in [4.69, 9.17) is 9.26 Å². The molecular weight excluding hydrogens is 394 g/mol. The zero-order chi connectivity index (χ0) is 22.0. The van der Waals surface area contributed by atoms with Gasteiger partial charge in [-0.2, -0.15) is 10.1 Å². The van der Waals surface area contributed by atoms with Crippen molar-refractivity contribution >= 4 is 5.91 Å². The SMILES string of the molecule is COc1ccc(-c2nc(CC3CCN(C(=O)CCc4c(C)nn(C)c4C)C3)no2)cc1. The molecule has 1 atom stereocenters. The molecule has 3 heterocycles. The molecule has 1 aliphatic rings. The lowest BCUT2D eigenvalue weighted by Crippen LogP contribution is -2.29. The van der Waals surface area contributed by atoms with Gasteiger partial charge in [0.05, 0.1) is 12.8 Å². The first-order valence-corrected chi connectivity index (χ1v) is 10.7. The van der Waals surface area contributed by atoms with Crippen LogP contribution >= 0.6 is 0 Å². The average Bonchev–Trinajstić information content (AvgIpc) is 3.48. The van der Waals surface area contributed by atoms with E-state index < -0.39 is 0 Å². The predicted octanol–water partition coefficient (Wildman–Crippen LogP) is 3.12. The highest BCUT2D eigenvalue weighted by atomic mass is 16.5. The van der Waals surface area contributed by atoms with E-state index in [1.54, 1.807) is 7.11 Å². The zero-order valence-corrected chi connectivity index (χ0v) is 18.6. The van der Waals surface area contributed by atoms with E-state index in [9.17, 15) is 4.79 Å². The smallest absolute Gasteiger partial charge is 0.257 e. The molecule has 0 spiro atoms. The van der Waals surface area contributed by atoms with Crippen LogP contribution in [0.25, 0.3) is 11.5 Å². The summed E-state index contributed by atoms with van der Waals surface area (Å²) in [5, 5.41) is 8.58. The quantitative estimate of drug-likeness (QED) is 0.580. The standard InChI is InChI=1S/C23H29N5O3/c1-15-20(16(2)27(3)25-15)9-10-22(29)28-12-11-17(14-28)13-21-24-23(31-26-21)18-5-7-19(30-4)8-6-18/h5-8,17H,9-14H2,1-4H3. The van der Waals surface area contributed by atoms with Crippen LogP contribution in [0.15, 0.2) is 28.8 Å². The van der Waals surface area contributed by atoms with Crippen LogP contribution in [0.1, 0.15) is 35.6 Å². The van der Waals surface area contributed by atoms with E-state index in [0.29, 0.717) is 30.5 Å². The number of carbonyl (C=O) groups is 1. The van der Waals surface area contributed by atoms with Gasteiger partial charge in [0, 0.05) is 44.2 Å². The summed E-state index contributed by atoms with van der Waals surface area (Å²) in [6.45, 7) is 5.59. The highest BCUT2D eigenvalue weighted by Crippen LogP contribution is 2.24. The molecule has 1 saturated heterocycles. The fourth-order valence-electron chi connectivity index (χ4n) is 4.24. The van der Waals surface area contributed by atoms with Crippen molar-refractivity contribution in [3.8, 4) is 17.2 Å².